The van der Waals surface area contributed by atoms with Crippen LogP contribution in [0.15, 0.2) is 10.9 Å². The molecule has 94 valence electrons. The second-order valence-electron chi connectivity index (χ2n) is 4.47. The number of nitrogens with zero attached hydrogens (tertiary/aromatic N) is 1. The van der Waals surface area contributed by atoms with Gasteiger partial charge >= 0.3 is 0 Å². The highest BCUT2D eigenvalue weighted by Crippen LogP contribution is 2.21. The van der Waals surface area contributed by atoms with Crippen LogP contribution in [0.4, 0.5) is 0 Å². The molecule has 2 rings (SSSR count). The third kappa shape index (κ3) is 2.42. The first-order valence-electron chi connectivity index (χ1n) is 6.16. The van der Waals surface area contributed by atoms with Gasteiger partial charge < -0.3 is 14.6 Å². The van der Waals surface area contributed by atoms with Crippen molar-refractivity contribution in [3.63, 3.8) is 0 Å². The average Bonchev–Trinajstić information content (AvgIpc) is 2.77. The molecule has 1 heterocycles. The number of hydrogen-bond donors (Lipinski definition) is 1. The second-order valence-corrected chi connectivity index (χ2v) is 4.47. The van der Waals surface area contributed by atoms with Crippen molar-refractivity contribution in [1.29, 1.82) is 0 Å². The summed E-state index contributed by atoms with van der Waals surface area (Å²) in [4.78, 5) is 12.3. The highest BCUT2D eigenvalue weighted by molar-refractivity contribution is 5.30. The molecule has 4 nitrogen and oxygen atoms in total. The van der Waals surface area contributed by atoms with Crippen LogP contribution in [-0.4, -0.2) is 25.3 Å². The van der Waals surface area contributed by atoms with E-state index in [4.69, 9.17) is 4.74 Å². The van der Waals surface area contributed by atoms with Crippen molar-refractivity contribution in [3.8, 4) is 0 Å². The fourth-order valence-corrected chi connectivity index (χ4v) is 2.52. The monoisotopic (exact) mass is 236 g/mol. The molecule has 1 N–H and O–H groups in total. The van der Waals surface area contributed by atoms with Gasteiger partial charge in [0.05, 0.1) is 6.61 Å². The van der Waals surface area contributed by atoms with Gasteiger partial charge in [0.25, 0.3) is 5.56 Å². The zero-order chi connectivity index (χ0) is 12.3. The van der Waals surface area contributed by atoms with Gasteiger partial charge in [0, 0.05) is 31.5 Å². The van der Waals surface area contributed by atoms with Gasteiger partial charge in [-0.25, -0.2) is 0 Å². The SMILES string of the molecule is CNCc1cc2c(n(CCOC)c1=O)CCC2. The van der Waals surface area contributed by atoms with E-state index in [0.717, 1.165) is 24.8 Å². The second kappa shape index (κ2) is 5.47. The molecule has 1 aromatic rings. The summed E-state index contributed by atoms with van der Waals surface area (Å²) < 4.78 is 6.99. The Bertz CT molecular complexity index is 451. The topological polar surface area (TPSA) is 43.3 Å². The Labute approximate surface area is 102 Å². The number of nitrogens with one attached hydrogen (secondary N) is 1. The minimum atomic E-state index is 0.136. The van der Waals surface area contributed by atoms with Gasteiger partial charge in [0.15, 0.2) is 0 Å². The summed E-state index contributed by atoms with van der Waals surface area (Å²) in [5, 5.41) is 3.05. The minimum Gasteiger partial charge on any atom is -0.383 e. The molecule has 0 aromatic carbocycles. The Morgan fingerprint density at radius 1 is 1.47 bits per heavy atom. The summed E-state index contributed by atoms with van der Waals surface area (Å²) in [5.74, 6) is 0. The van der Waals surface area contributed by atoms with Crippen molar-refractivity contribution >= 4 is 0 Å². The Hall–Kier alpha value is -1.13. The third-order valence-electron chi connectivity index (χ3n) is 3.31. The molecule has 0 bridgehead atoms. The van der Waals surface area contributed by atoms with E-state index < -0.39 is 0 Å². The molecule has 17 heavy (non-hydrogen) atoms. The molecule has 0 atom stereocenters. The lowest BCUT2D eigenvalue weighted by Crippen LogP contribution is -2.30. The largest absolute Gasteiger partial charge is 0.383 e. The summed E-state index contributed by atoms with van der Waals surface area (Å²) in [5.41, 5.74) is 3.55. The van der Waals surface area contributed by atoms with Crippen LogP contribution in [0.3, 0.4) is 0 Å². The Balaban J connectivity index is 2.42. The Morgan fingerprint density at radius 2 is 2.29 bits per heavy atom. The normalized spacial score (nSPS) is 14.0. The minimum absolute atomic E-state index is 0.136. The van der Waals surface area contributed by atoms with Gasteiger partial charge in [0.1, 0.15) is 0 Å². The molecule has 0 radical (unpaired) electrons. The van der Waals surface area contributed by atoms with Crippen LogP contribution in [0.5, 0.6) is 0 Å². The van der Waals surface area contributed by atoms with Gasteiger partial charge in [0.2, 0.25) is 0 Å². The first-order chi connectivity index (χ1) is 8.27. The van der Waals surface area contributed by atoms with Crippen LogP contribution in [0.25, 0.3) is 0 Å². The summed E-state index contributed by atoms with van der Waals surface area (Å²) in [6, 6.07) is 2.07. The summed E-state index contributed by atoms with van der Waals surface area (Å²) in [6.07, 6.45) is 3.28. The van der Waals surface area contributed by atoms with Crippen LogP contribution >= 0.6 is 0 Å². The fourth-order valence-electron chi connectivity index (χ4n) is 2.52. The maximum Gasteiger partial charge on any atom is 0.255 e. The number of methoxy groups -OCH3 is 1. The fraction of sp³-hybridized carbons (Fsp3) is 0.615. The van der Waals surface area contributed by atoms with E-state index in [2.05, 4.69) is 11.4 Å². The van der Waals surface area contributed by atoms with Gasteiger partial charge in [-0.15, -0.1) is 0 Å². The first kappa shape index (κ1) is 12.3. The van der Waals surface area contributed by atoms with Gasteiger partial charge in [-0.05, 0) is 37.9 Å². The van der Waals surface area contributed by atoms with Gasteiger partial charge in [-0.3, -0.25) is 4.79 Å². The maximum absolute atomic E-state index is 12.3. The smallest absolute Gasteiger partial charge is 0.255 e. The van der Waals surface area contributed by atoms with Gasteiger partial charge in [-0.1, -0.05) is 0 Å². The van der Waals surface area contributed by atoms with Crippen molar-refractivity contribution < 1.29 is 4.74 Å². The lowest BCUT2D eigenvalue weighted by atomic mass is 10.1. The van der Waals surface area contributed by atoms with Crippen molar-refractivity contribution in [2.24, 2.45) is 0 Å². The third-order valence-corrected chi connectivity index (χ3v) is 3.31. The van der Waals surface area contributed by atoms with Gasteiger partial charge in [-0.2, -0.15) is 0 Å². The molecule has 0 unspecified atom stereocenters. The highest BCUT2D eigenvalue weighted by atomic mass is 16.5. The Kier molecular flexibility index (Phi) is 3.97. The zero-order valence-corrected chi connectivity index (χ0v) is 10.6. The molecule has 0 saturated carbocycles. The van der Waals surface area contributed by atoms with E-state index in [1.54, 1.807) is 7.11 Å². The Morgan fingerprint density at radius 3 is 3.00 bits per heavy atom. The molecule has 1 aliphatic rings. The van der Waals surface area contributed by atoms with E-state index in [1.165, 1.54) is 11.3 Å². The number of aromatic nitrogens is 1. The molecule has 4 heteroatoms. The number of hydrogen-bond acceptors (Lipinski definition) is 3. The number of ether oxygens (including phenoxy) is 1. The molecular formula is C13H20N2O2. The number of aryl methyl sites for hydroxylation is 1. The van der Waals surface area contributed by atoms with E-state index in [-0.39, 0.29) is 5.56 Å². The van der Waals surface area contributed by atoms with Crippen molar-refractivity contribution in [3.05, 3.63) is 33.2 Å². The summed E-state index contributed by atoms with van der Waals surface area (Å²) in [7, 11) is 3.54. The molecule has 0 spiro atoms. The van der Waals surface area contributed by atoms with Crippen molar-refractivity contribution in [2.75, 3.05) is 20.8 Å². The first-order valence-corrected chi connectivity index (χ1v) is 6.16. The average molecular weight is 236 g/mol. The molecular weight excluding hydrogens is 216 g/mol. The zero-order valence-electron chi connectivity index (χ0n) is 10.6. The predicted octanol–water partition coefficient (Wildman–Crippen LogP) is 0.703. The van der Waals surface area contributed by atoms with E-state index in [1.807, 2.05) is 11.6 Å². The lowest BCUT2D eigenvalue weighted by Gasteiger charge is -2.14. The highest BCUT2D eigenvalue weighted by Gasteiger charge is 2.18. The summed E-state index contributed by atoms with van der Waals surface area (Å²) in [6.45, 7) is 1.89. The quantitative estimate of drug-likeness (QED) is 0.818. The molecule has 1 aromatic heterocycles. The van der Waals surface area contributed by atoms with Crippen LogP contribution in [0, 0.1) is 0 Å². The maximum atomic E-state index is 12.3. The molecule has 0 amide bonds. The molecule has 0 saturated heterocycles. The predicted molar refractivity (Wildman–Crippen MR) is 67.4 cm³/mol. The van der Waals surface area contributed by atoms with Crippen LogP contribution < -0.4 is 10.9 Å². The molecule has 1 aliphatic carbocycles. The number of pyridine rings is 1. The number of rotatable bonds is 5. The van der Waals surface area contributed by atoms with Crippen LogP contribution in [0.1, 0.15) is 23.2 Å². The van der Waals surface area contributed by atoms with Crippen LogP contribution in [-0.2, 0) is 30.7 Å². The standard InChI is InChI=1S/C13H20N2O2/c1-14-9-11-8-10-4-3-5-12(10)15(13(11)16)6-7-17-2/h8,14H,3-7,9H2,1-2H3. The summed E-state index contributed by atoms with van der Waals surface area (Å²) >= 11 is 0. The molecule has 0 fully saturated rings. The van der Waals surface area contributed by atoms with E-state index >= 15 is 0 Å². The molecule has 0 aliphatic heterocycles. The number of fused-ring (bicyclic) bond motifs is 1. The van der Waals surface area contributed by atoms with E-state index in [0.29, 0.717) is 19.7 Å². The van der Waals surface area contributed by atoms with Crippen LogP contribution in [0.2, 0.25) is 0 Å². The lowest BCUT2D eigenvalue weighted by molar-refractivity contribution is 0.185. The van der Waals surface area contributed by atoms with E-state index in [9.17, 15) is 4.79 Å². The van der Waals surface area contributed by atoms with Crippen molar-refractivity contribution in [1.82, 2.24) is 9.88 Å². The van der Waals surface area contributed by atoms with Crippen molar-refractivity contribution in [2.45, 2.75) is 32.4 Å².